The minimum atomic E-state index is -0.253. The molecule has 1 amide bonds. The number of aromatic nitrogens is 1. The van der Waals surface area contributed by atoms with Gasteiger partial charge in [0.2, 0.25) is 0 Å². The lowest BCUT2D eigenvalue weighted by Gasteiger charge is -2.14. The number of amides is 1. The number of thiocarbonyl (C=S) groups is 1. The summed E-state index contributed by atoms with van der Waals surface area (Å²) in [6.45, 7) is 2.02. The first-order valence-electron chi connectivity index (χ1n) is 10.8. The summed E-state index contributed by atoms with van der Waals surface area (Å²) in [6, 6.07) is 31.6. The van der Waals surface area contributed by atoms with Crippen molar-refractivity contribution in [2.45, 2.75) is 6.92 Å². The van der Waals surface area contributed by atoms with Crippen molar-refractivity contribution in [3.63, 3.8) is 0 Å². The Morgan fingerprint density at radius 2 is 1.53 bits per heavy atom. The van der Waals surface area contributed by atoms with E-state index in [1.165, 1.54) is 0 Å². The van der Waals surface area contributed by atoms with E-state index in [2.05, 4.69) is 16.7 Å². The maximum absolute atomic E-state index is 12.7. The summed E-state index contributed by atoms with van der Waals surface area (Å²) in [6.07, 6.45) is 0. The molecule has 0 aliphatic heterocycles. The fourth-order valence-corrected chi connectivity index (χ4v) is 5.01. The summed E-state index contributed by atoms with van der Waals surface area (Å²) in [5, 5.41) is 7.15. The molecule has 0 fully saturated rings. The summed E-state index contributed by atoms with van der Waals surface area (Å²) in [4.78, 5) is 17.5. The number of anilines is 1. The zero-order chi connectivity index (χ0) is 23.5. The van der Waals surface area contributed by atoms with Crippen LogP contribution in [0, 0.1) is 6.92 Å². The molecule has 0 aliphatic rings. The van der Waals surface area contributed by atoms with Crippen molar-refractivity contribution in [1.29, 1.82) is 0 Å². The van der Waals surface area contributed by atoms with Crippen molar-refractivity contribution in [1.82, 2.24) is 10.3 Å². The Morgan fingerprint density at radius 3 is 2.29 bits per heavy atom. The number of benzene rings is 4. The van der Waals surface area contributed by atoms with Gasteiger partial charge in [-0.25, -0.2) is 4.98 Å². The molecule has 0 bridgehead atoms. The van der Waals surface area contributed by atoms with E-state index in [-0.39, 0.29) is 11.0 Å². The average molecular weight is 480 g/mol. The number of thiazole rings is 1. The van der Waals surface area contributed by atoms with Gasteiger partial charge < -0.3 is 5.32 Å². The van der Waals surface area contributed by atoms with E-state index >= 15 is 0 Å². The third-order valence-corrected chi connectivity index (χ3v) is 6.86. The fourth-order valence-electron chi connectivity index (χ4n) is 3.76. The number of nitrogens with one attached hydrogen (secondary N) is 2. The standard InChI is InChI=1S/C28H21N3OS2/c1-18-22(27-29-24-11-5-6-13-25(24)34-27)10-7-12-23(18)30-28(33)31-26(32)21-16-14-20(15-17-21)19-8-3-2-4-9-19/h2-17H,1H3,(H2,30,31,32,33). The van der Waals surface area contributed by atoms with Gasteiger partial charge in [-0.3, -0.25) is 10.1 Å². The maximum atomic E-state index is 12.7. The van der Waals surface area contributed by atoms with Gasteiger partial charge in [0.05, 0.1) is 10.2 Å². The molecule has 34 heavy (non-hydrogen) atoms. The predicted octanol–water partition coefficient (Wildman–Crippen LogP) is 7.07. The zero-order valence-corrected chi connectivity index (χ0v) is 20.0. The van der Waals surface area contributed by atoms with Crippen molar-refractivity contribution in [2.24, 2.45) is 0 Å². The number of rotatable bonds is 4. The van der Waals surface area contributed by atoms with Crippen LogP contribution in [0.1, 0.15) is 15.9 Å². The number of para-hydroxylation sites is 1. The van der Waals surface area contributed by atoms with E-state index in [0.717, 1.165) is 43.2 Å². The summed E-state index contributed by atoms with van der Waals surface area (Å²) in [5.74, 6) is -0.253. The summed E-state index contributed by atoms with van der Waals surface area (Å²) < 4.78 is 1.15. The van der Waals surface area contributed by atoms with Crippen LogP contribution in [0.25, 0.3) is 31.9 Å². The third kappa shape index (κ3) is 4.59. The van der Waals surface area contributed by atoms with Crippen molar-refractivity contribution in [3.05, 3.63) is 108 Å². The van der Waals surface area contributed by atoms with Gasteiger partial charge in [-0.15, -0.1) is 11.3 Å². The molecule has 4 nitrogen and oxygen atoms in total. The largest absolute Gasteiger partial charge is 0.332 e. The lowest BCUT2D eigenvalue weighted by atomic mass is 10.0. The Labute approximate surface area is 207 Å². The van der Waals surface area contributed by atoms with Crippen molar-refractivity contribution < 1.29 is 4.79 Å². The van der Waals surface area contributed by atoms with Gasteiger partial charge in [-0.2, -0.15) is 0 Å². The van der Waals surface area contributed by atoms with Crippen molar-refractivity contribution >= 4 is 50.5 Å². The van der Waals surface area contributed by atoms with Gasteiger partial charge in [0, 0.05) is 16.8 Å². The second-order valence-electron chi connectivity index (χ2n) is 7.82. The summed E-state index contributed by atoms with van der Waals surface area (Å²) in [7, 11) is 0. The molecular formula is C28H21N3OS2. The molecule has 0 radical (unpaired) electrons. The molecule has 6 heteroatoms. The second kappa shape index (κ2) is 9.55. The first kappa shape index (κ1) is 21.9. The molecular weight excluding hydrogens is 458 g/mol. The molecule has 1 heterocycles. The Hall–Kier alpha value is -3.87. The first-order chi connectivity index (χ1) is 16.6. The molecule has 2 N–H and O–H groups in total. The minimum Gasteiger partial charge on any atom is -0.332 e. The normalized spacial score (nSPS) is 10.7. The highest BCUT2D eigenvalue weighted by molar-refractivity contribution is 7.80. The SMILES string of the molecule is Cc1c(NC(=S)NC(=O)c2ccc(-c3ccccc3)cc2)cccc1-c1nc2ccccc2s1. The number of hydrogen-bond acceptors (Lipinski definition) is 4. The molecule has 4 aromatic carbocycles. The van der Waals surface area contributed by atoms with Crippen LogP contribution in [-0.4, -0.2) is 16.0 Å². The highest BCUT2D eigenvalue weighted by Gasteiger charge is 2.13. The third-order valence-electron chi connectivity index (χ3n) is 5.59. The molecule has 0 atom stereocenters. The van der Waals surface area contributed by atoms with E-state index in [1.807, 2.05) is 85.8 Å². The van der Waals surface area contributed by atoms with Gasteiger partial charge in [0.1, 0.15) is 5.01 Å². The smallest absolute Gasteiger partial charge is 0.257 e. The van der Waals surface area contributed by atoms with E-state index < -0.39 is 0 Å². The van der Waals surface area contributed by atoms with Gasteiger partial charge >= 0.3 is 0 Å². The van der Waals surface area contributed by atoms with E-state index in [9.17, 15) is 4.79 Å². The molecule has 0 unspecified atom stereocenters. The van der Waals surface area contributed by atoms with Crippen LogP contribution >= 0.6 is 23.6 Å². The van der Waals surface area contributed by atoms with Crippen LogP contribution in [0.3, 0.4) is 0 Å². The predicted molar refractivity (Wildman–Crippen MR) is 145 cm³/mol. The molecule has 0 spiro atoms. The second-order valence-corrected chi connectivity index (χ2v) is 9.26. The van der Waals surface area contributed by atoms with Gasteiger partial charge in [0.15, 0.2) is 5.11 Å². The molecule has 5 aromatic rings. The maximum Gasteiger partial charge on any atom is 0.257 e. The Bertz CT molecular complexity index is 1460. The molecule has 0 aliphatic carbocycles. The summed E-state index contributed by atoms with van der Waals surface area (Å²) in [5.41, 5.74) is 6.59. The van der Waals surface area contributed by atoms with Crippen LogP contribution in [0.5, 0.6) is 0 Å². The zero-order valence-electron chi connectivity index (χ0n) is 18.4. The molecule has 1 aromatic heterocycles. The van der Waals surface area contributed by atoms with E-state index in [0.29, 0.717) is 5.56 Å². The van der Waals surface area contributed by atoms with Crippen molar-refractivity contribution in [3.8, 4) is 21.7 Å². The Kier molecular flexibility index (Phi) is 6.16. The molecule has 5 rings (SSSR count). The Balaban J connectivity index is 1.29. The fraction of sp³-hybridized carbons (Fsp3) is 0.0357. The van der Waals surface area contributed by atoms with Crippen LogP contribution in [-0.2, 0) is 0 Å². The number of hydrogen-bond donors (Lipinski definition) is 2. The van der Waals surface area contributed by atoms with Crippen LogP contribution in [0.2, 0.25) is 0 Å². The number of fused-ring (bicyclic) bond motifs is 1. The first-order valence-corrected chi connectivity index (χ1v) is 12.0. The van der Waals surface area contributed by atoms with Crippen LogP contribution in [0.15, 0.2) is 97.1 Å². The van der Waals surface area contributed by atoms with Gasteiger partial charge in [0.25, 0.3) is 5.91 Å². The number of carbonyl (C=O) groups is 1. The number of nitrogens with zero attached hydrogens (tertiary/aromatic N) is 1. The summed E-state index contributed by atoms with van der Waals surface area (Å²) >= 11 is 7.09. The minimum absolute atomic E-state index is 0.252. The lowest BCUT2D eigenvalue weighted by molar-refractivity contribution is 0.0977. The number of carbonyl (C=O) groups excluding carboxylic acids is 1. The monoisotopic (exact) mass is 479 g/mol. The molecule has 0 saturated carbocycles. The quantitative estimate of drug-likeness (QED) is 0.271. The van der Waals surface area contributed by atoms with Crippen LogP contribution in [0.4, 0.5) is 5.69 Å². The van der Waals surface area contributed by atoms with E-state index in [1.54, 1.807) is 23.5 Å². The topological polar surface area (TPSA) is 54.0 Å². The average Bonchev–Trinajstić information content (AvgIpc) is 3.30. The highest BCUT2D eigenvalue weighted by atomic mass is 32.1. The highest BCUT2D eigenvalue weighted by Crippen LogP contribution is 2.34. The molecule has 0 saturated heterocycles. The van der Waals surface area contributed by atoms with Crippen molar-refractivity contribution in [2.75, 3.05) is 5.32 Å². The van der Waals surface area contributed by atoms with Gasteiger partial charge in [-0.05, 0) is 66.2 Å². The van der Waals surface area contributed by atoms with Gasteiger partial charge in [-0.1, -0.05) is 66.7 Å². The van der Waals surface area contributed by atoms with E-state index in [4.69, 9.17) is 17.2 Å². The Morgan fingerprint density at radius 1 is 0.824 bits per heavy atom. The lowest BCUT2D eigenvalue weighted by Crippen LogP contribution is -2.34. The molecule has 166 valence electrons. The van der Waals surface area contributed by atoms with Crippen LogP contribution < -0.4 is 10.6 Å².